The van der Waals surface area contributed by atoms with Crippen LogP contribution in [0.25, 0.3) is 0 Å². The van der Waals surface area contributed by atoms with Crippen molar-refractivity contribution in [3.05, 3.63) is 47.2 Å². The van der Waals surface area contributed by atoms with E-state index in [1.807, 2.05) is 25.5 Å². The Hall–Kier alpha value is -1.11. The highest BCUT2D eigenvalue weighted by Gasteiger charge is 2.24. The molecule has 2 aromatic rings. The SMILES string of the molecule is CCCCCCSC(C(=O)Nc1c(SC)cc(C)nc1SC)c1ccc(C(C)(C)C)cc1. The zero-order valence-electron chi connectivity index (χ0n) is 20.6. The highest BCUT2D eigenvalue weighted by Crippen LogP contribution is 2.37. The van der Waals surface area contributed by atoms with Gasteiger partial charge in [0.05, 0.1) is 5.69 Å². The summed E-state index contributed by atoms with van der Waals surface area (Å²) in [5.41, 5.74) is 4.25. The summed E-state index contributed by atoms with van der Waals surface area (Å²) in [6.45, 7) is 10.9. The average molecular weight is 491 g/mol. The second-order valence-electron chi connectivity index (χ2n) is 9.02. The number of nitrogens with zero attached hydrogens (tertiary/aromatic N) is 1. The minimum absolute atomic E-state index is 0.0326. The summed E-state index contributed by atoms with van der Waals surface area (Å²) in [4.78, 5) is 19.3. The van der Waals surface area contributed by atoms with E-state index in [9.17, 15) is 4.79 Å². The zero-order chi connectivity index (χ0) is 23.7. The van der Waals surface area contributed by atoms with Gasteiger partial charge in [-0.2, -0.15) is 0 Å². The average Bonchev–Trinajstić information content (AvgIpc) is 2.76. The lowest BCUT2D eigenvalue weighted by Gasteiger charge is -2.22. The van der Waals surface area contributed by atoms with Crippen LogP contribution in [0.3, 0.4) is 0 Å². The standard InChI is InChI=1S/C26H38N2OS3/c1-8-9-10-11-16-32-23(19-12-14-20(15-13-19)26(3,4)5)24(29)28-22-21(30-6)17-18(2)27-25(22)31-7/h12-15,17,23H,8-11,16H2,1-7H3,(H,28,29). The predicted octanol–water partition coefficient (Wildman–Crippen LogP) is 8.12. The topological polar surface area (TPSA) is 42.0 Å². The maximum absolute atomic E-state index is 13.6. The molecule has 2 rings (SSSR count). The minimum atomic E-state index is -0.239. The van der Waals surface area contributed by atoms with E-state index in [4.69, 9.17) is 0 Å². The van der Waals surface area contributed by atoms with Crippen LogP contribution in [0.5, 0.6) is 0 Å². The van der Waals surface area contributed by atoms with Gasteiger partial charge in [-0.25, -0.2) is 4.98 Å². The van der Waals surface area contributed by atoms with Crippen LogP contribution in [0.2, 0.25) is 0 Å². The van der Waals surface area contributed by atoms with E-state index in [0.717, 1.165) is 39.0 Å². The molecular formula is C26H38N2OS3. The molecule has 176 valence electrons. The first kappa shape index (κ1) is 27.1. The van der Waals surface area contributed by atoms with Gasteiger partial charge < -0.3 is 5.32 Å². The number of hydrogen-bond donors (Lipinski definition) is 1. The first-order valence-electron chi connectivity index (χ1n) is 11.3. The Labute approximate surface area is 207 Å². The van der Waals surface area contributed by atoms with Gasteiger partial charge in [0.1, 0.15) is 10.3 Å². The van der Waals surface area contributed by atoms with Crippen molar-refractivity contribution in [2.24, 2.45) is 0 Å². The Bertz CT molecular complexity index is 851. The number of pyridine rings is 1. The number of aromatic nitrogens is 1. The van der Waals surface area contributed by atoms with Crippen LogP contribution in [0.1, 0.15) is 75.4 Å². The van der Waals surface area contributed by atoms with Crippen molar-refractivity contribution >= 4 is 46.9 Å². The molecule has 1 heterocycles. The molecule has 0 aliphatic heterocycles. The Balaban J connectivity index is 2.30. The molecule has 0 radical (unpaired) electrons. The second kappa shape index (κ2) is 13.0. The lowest BCUT2D eigenvalue weighted by atomic mass is 9.86. The number of amides is 1. The molecule has 0 aliphatic rings. The summed E-state index contributed by atoms with van der Waals surface area (Å²) >= 11 is 4.97. The number of unbranched alkanes of at least 4 members (excludes halogenated alkanes) is 3. The maximum Gasteiger partial charge on any atom is 0.242 e. The quantitative estimate of drug-likeness (QED) is 0.254. The fourth-order valence-electron chi connectivity index (χ4n) is 3.44. The van der Waals surface area contributed by atoms with Crippen LogP contribution in [0.4, 0.5) is 5.69 Å². The molecule has 0 fully saturated rings. The largest absolute Gasteiger partial charge is 0.322 e. The predicted molar refractivity (Wildman–Crippen MR) is 146 cm³/mol. The molecular weight excluding hydrogens is 453 g/mol. The van der Waals surface area contributed by atoms with Gasteiger partial charge in [-0.1, -0.05) is 71.2 Å². The summed E-state index contributed by atoms with van der Waals surface area (Å²) < 4.78 is 0. The molecule has 32 heavy (non-hydrogen) atoms. The molecule has 0 saturated heterocycles. The number of carbonyl (C=O) groups excluding carboxylic acids is 1. The van der Waals surface area contributed by atoms with Gasteiger partial charge in [-0.05, 0) is 54.2 Å². The zero-order valence-corrected chi connectivity index (χ0v) is 23.0. The molecule has 1 aromatic carbocycles. The van der Waals surface area contributed by atoms with Gasteiger partial charge in [0, 0.05) is 10.6 Å². The van der Waals surface area contributed by atoms with Gasteiger partial charge in [0.2, 0.25) is 5.91 Å². The number of carbonyl (C=O) groups is 1. The van der Waals surface area contributed by atoms with Crippen molar-refractivity contribution in [1.29, 1.82) is 0 Å². The Morgan fingerprint density at radius 2 is 1.75 bits per heavy atom. The molecule has 1 N–H and O–H groups in total. The van der Waals surface area contributed by atoms with Crippen molar-refractivity contribution in [3.63, 3.8) is 0 Å². The first-order valence-corrected chi connectivity index (χ1v) is 14.8. The van der Waals surface area contributed by atoms with E-state index >= 15 is 0 Å². The maximum atomic E-state index is 13.6. The molecule has 3 nitrogen and oxygen atoms in total. The van der Waals surface area contributed by atoms with E-state index in [2.05, 4.69) is 62.3 Å². The summed E-state index contributed by atoms with van der Waals surface area (Å²) in [6, 6.07) is 10.6. The van der Waals surface area contributed by atoms with E-state index < -0.39 is 0 Å². The van der Waals surface area contributed by atoms with Crippen molar-refractivity contribution < 1.29 is 4.79 Å². The van der Waals surface area contributed by atoms with Crippen LogP contribution >= 0.6 is 35.3 Å². The van der Waals surface area contributed by atoms with Gasteiger partial charge in [0.15, 0.2) is 0 Å². The molecule has 0 saturated carbocycles. The molecule has 0 aliphatic carbocycles. The van der Waals surface area contributed by atoms with E-state index in [-0.39, 0.29) is 16.6 Å². The van der Waals surface area contributed by atoms with Gasteiger partial charge in [-0.3, -0.25) is 4.79 Å². The molecule has 1 unspecified atom stereocenters. The monoisotopic (exact) mass is 490 g/mol. The van der Waals surface area contributed by atoms with Crippen LogP contribution < -0.4 is 5.32 Å². The summed E-state index contributed by atoms with van der Waals surface area (Å²) in [6.07, 6.45) is 8.88. The van der Waals surface area contributed by atoms with Crippen molar-refractivity contribution in [2.45, 2.75) is 80.9 Å². The number of nitrogens with one attached hydrogen (secondary N) is 1. The summed E-state index contributed by atoms with van der Waals surface area (Å²) in [5, 5.41) is 3.87. The molecule has 1 amide bonds. The van der Waals surface area contributed by atoms with Crippen molar-refractivity contribution in [1.82, 2.24) is 4.98 Å². The number of hydrogen-bond acceptors (Lipinski definition) is 5. The number of anilines is 1. The molecule has 1 aromatic heterocycles. The Morgan fingerprint density at radius 1 is 1.06 bits per heavy atom. The second-order valence-corrected chi connectivity index (χ2v) is 11.9. The summed E-state index contributed by atoms with van der Waals surface area (Å²) in [5.74, 6) is 1.01. The van der Waals surface area contributed by atoms with E-state index in [0.29, 0.717) is 0 Å². The Kier molecular flexibility index (Phi) is 11.0. The van der Waals surface area contributed by atoms with Crippen LogP contribution in [-0.4, -0.2) is 29.2 Å². The molecule has 0 spiro atoms. The minimum Gasteiger partial charge on any atom is -0.322 e. The van der Waals surface area contributed by atoms with Crippen molar-refractivity contribution in [2.75, 3.05) is 23.6 Å². The lowest BCUT2D eigenvalue weighted by molar-refractivity contribution is -0.115. The fourth-order valence-corrected chi connectivity index (χ4v) is 5.91. The lowest BCUT2D eigenvalue weighted by Crippen LogP contribution is -2.21. The first-order chi connectivity index (χ1) is 15.2. The smallest absolute Gasteiger partial charge is 0.242 e. The van der Waals surface area contributed by atoms with Gasteiger partial charge in [-0.15, -0.1) is 35.3 Å². The van der Waals surface area contributed by atoms with Gasteiger partial charge >= 0.3 is 0 Å². The van der Waals surface area contributed by atoms with Crippen LogP contribution in [0.15, 0.2) is 40.3 Å². The number of rotatable bonds is 11. The van der Waals surface area contributed by atoms with Crippen LogP contribution in [-0.2, 0) is 10.2 Å². The number of benzene rings is 1. The fraction of sp³-hybridized carbons (Fsp3) is 0.538. The number of thioether (sulfide) groups is 3. The highest BCUT2D eigenvalue weighted by atomic mass is 32.2. The molecule has 1 atom stereocenters. The van der Waals surface area contributed by atoms with E-state index in [1.165, 1.54) is 24.8 Å². The third-order valence-corrected chi connectivity index (χ3v) is 8.13. The van der Waals surface area contributed by atoms with Gasteiger partial charge in [0.25, 0.3) is 0 Å². The summed E-state index contributed by atoms with van der Waals surface area (Å²) in [7, 11) is 0. The third kappa shape index (κ3) is 7.74. The highest BCUT2D eigenvalue weighted by molar-refractivity contribution is 8.00. The van der Waals surface area contributed by atoms with Crippen LogP contribution in [0, 0.1) is 6.92 Å². The van der Waals surface area contributed by atoms with E-state index in [1.54, 1.807) is 35.3 Å². The number of aryl methyl sites for hydroxylation is 1. The van der Waals surface area contributed by atoms with Crippen molar-refractivity contribution in [3.8, 4) is 0 Å². The normalized spacial score (nSPS) is 12.6. The molecule has 0 bridgehead atoms. The Morgan fingerprint density at radius 3 is 2.31 bits per heavy atom. The molecule has 6 heteroatoms. The third-order valence-electron chi connectivity index (χ3n) is 5.34.